The predicted octanol–water partition coefficient (Wildman–Crippen LogP) is 2.44. The van der Waals surface area contributed by atoms with Crippen molar-refractivity contribution in [1.29, 1.82) is 0 Å². The summed E-state index contributed by atoms with van der Waals surface area (Å²) in [5, 5.41) is 8.77. The van der Waals surface area contributed by atoms with Crippen molar-refractivity contribution in [1.82, 2.24) is 0 Å². The average Bonchev–Trinajstić information content (AvgIpc) is 2.38. The van der Waals surface area contributed by atoms with Crippen LogP contribution < -0.4 is 4.90 Å². The lowest BCUT2D eigenvalue weighted by Crippen LogP contribution is -2.35. The van der Waals surface area contributed by atoms with Gasteiger partial charge in [-0.3, -0.25) is 4.79 Å². The van der Waals surface area contributed by atoms with Gasteiger partial charge in [0.05, 0.1) is 0 Å². The Morgan fingerprint density at radius 1 is 1.39 bits per heavy atom. The molecule has 0 spiro atoms. The third-order valence-corrected chi connectivity index (χ3v) is 3.52. The van der Waals surface area contributed by atoms with Crippen LogP contribution in [0, 0.1) is 6.92 Å². The lowest BCUT2D eigenvalue weighted by Gasteiger charge is -2.31. The number of aryl methyl sites for hydroxylation is 2. The minimum Gasteiger partial charge on any atom is -0.396 e. The third-order valence-electron chi connectivity index (χ3n) is 3.52. The van der Waals surface area contributed by atoms with Crippen molar-refractivity contribution < 1.29 is 9.90 Å². The van der Waals surface area contributed by atoms with Crippen molar-refractivity contribution in [2.75, 3.05) is 18.1 Å². The van der Waals surface area contributed by atoms with Crippen LogP contribution in [0.5, 0.6) is 0 Å². The number of unbranched alkanes of at least 4 members (excludes halogenated alkanes) is 1. The summed E-state index contributed by atoms with van der Waals surface area (Å²) in [6.07, 6.45) is 4.13. The molecule has 1 aromatic carbocycles. The zero-order valence-corrected chi connectivity index (χ0v) is 11.0. The van der Waals surface area contributed by atoms with Crippen LogP contribution >= 0.6 is 0 Å². The molecule has 1 aromatic rings. The summed E-state index contributed by atoms with van der Waals surface area (Å²) in [5.41, 5.74) is 3.59. The molecule has 1 heterocycles. The normalized spacial score (nSPS) is 14.4. The van der Waals surface area contributed by atoms with E-state index < -0.39 is 0 Å². The van der Waals surface area contributed by atoms with E-state index >= 15 is 0 Å². The monoisotopic (exact) mass is 247 g/mol. The first-order valence-electron chi connectivity index (χ1n) is 6.73. The first kappa shape index (κ1) is 13.1. The Kier molecular flexibility index (Phi) is 4.37. The zero-order chi connectivity index (χ0) is 13.0. The molecule has 0 unspecified atom stereocenters. The first-order valence-corrected chi connectivity index (χ1v) is 6.73. The highest BCUT2D eigenvalue weighted by molar-refractivity contribution is 5.95. The molecule has 0 bridgehead atoms. The minimum atomic E-state index is 0.170. The van der Waals surface area contributed by atoms with Crippen molar-refractivity contribution in [3.63, 3.8) is 0 Å². The highest BCUT2D eigenvalue weighted by atomic mass is 16.3. The molecule has 3 nitrogen and oxygen atoms in total. The van der Waals surface area contributed by atoms with Gasteiger partial charge in [0.15, 0.2) is 0 Å². The Morgan fingerprint density at radius 3 is 3.00 bits per heavy atom. The van der Waals surface area contributed by atoms with E-state index in [1.165, 1.54) is 11.1 Å². The number of fused-ring (bicyclic) bond motifs is 1. The van der Waals surface area contributed by atoms with Gasteiger partial charge >= 0.3 is 0 Å². The number of aliphatic hydroxyl groups is 1. The van der Waals surface area contributed by atoms with Crippen LogP contribution in [0.3, 0.4) is 0 Å². The van der Waals surface area contributed by atoms with Gasteiger partial charge in [-0.15, -0.1) is 0 Å². The van der Waals surface area contributed by atoms with Gasteiger partial charge in [-0.1, -0.05) is 18.2 Å². The molecule has 2 rings (SSSR count). The Hall–Kier alpha value is -1.35. The topological polar surface area (TPSA) is 40.5 Å². The zero-order valence-electron chi connectivity index (χ0n) is 11.0. The van der Waals surface area contributed by atoms with Crippen molar-refractivity contribution in [2.24, 2.45) is 0 Å². The molecule has 0 aromatic heterocycles. The third kappa shape index (κ3) is 2.72. The standard InChI is InChI=1S/C15H21NO2/c1-12-6-4-7-13-8-5-10-16(15(12)13)14(18)9-2-3-11-17/h4,6-7,17H,2-3,5,8-11H2,1H3. The fraction of sp³-hybridized carbons (Fsp3) is 0.533. The molecule has 0 aliphatic carbocycles. The Morgan fingerprint density at radius 2 is 2.22 bits per heavy atom. The molecule has 0 radical (unpaired) electrons. The van der Waals surface area contributed by atoms with Gasteiger partial charge in [0.1, 0.15) is 0 Å². The molecule has 0 fully saturated rings. The van der Waals surface area contributed by atoms with Crippen LogP contribution in [-0.2, 0) is 11.2 Å². The maximum absolute atomic E-state index is 12.2. The lowest BCUT2D eigenvalue weighted by molar-refractivity contribution is -0.118. The highest BCUT2D eigenvalue weighted by Gasteiger charge is 2.23. The second-order valence-electron chi connectivity index (χ2n) is 4.91. The van der Waals surface area contributed by atoms with Gasteiger partial charge in [0.25, 0.3) is 0 Å². The van der Waals surface area contributed by atoms with Crippen molar-refractivity contribution in [2.45, 2.75) is 39.0 Å². The van der Waals surface area contributed by atoms with E-state index in [4.69, 9.17) is 5.11 Å². The highest BCUT2D eigenvalue weighted by Crippen LogP contribution is 2.31. The van der Waals surface area contributed by atoms with Crippen LogP contribution in [0.2, 0.25) is 0 Å². The van der Waals surface area contributed by atoms with Crippen LogP contribution in [-0.4, -0.2) is 24.2 Å². The van der Waals surface area contributed by atoms with Gasteiger partial charge in [-0.2, -0.15) is 0 Å². The second-order valence-corrected chi connectivity index (χ2v) is 4.91. The lowest BCUT2D eigenvalue weighted by atomic mass is 9.98. The smallest absolute Gasteiger partial charge is 0.226 e. The fourth-order valence-electron chi connectivity index (χ4n) is 2.62. The number of anilines is 1. The summed E-state index contributed by atoms with van der Waals surface area (Å²) in [5.74, 6) is 0.193. The predicted molar refractivity (Wildman–Crippen MR) is 72.8 cm³/mol. The number of hydrogen-bond acceptors (Lipinski definition) is 2. The summed E-state index contributed by atoms with van der Waals surface area (Å²) < 4.78 is 0. The van der Waals surface area contributed by atoms with Gasteiger partial charge < -0.3 is 10.0 Å². The number of benzene rings is 1. The Balaban J connectivity index is 2.14. The molecule has 1 N–H and O–H groups in total. The molecule has 18 heavy (non-hydrogen) atoms. The van der Waals surface area contributed by atoms with E-state index in [0.29, 0.717) is 12.8 Å². The number of carbonyl (C=O) groups is 1. The quantitative estimate of drug-likeness (QED) is 0.830. The second kappa shape index (κ2) is 6.01. The number of amides is 1. The van der Waals surface area contributed by atoms with E-state index in [9.17, 15) is 4.79 Å². The number of carbonyl (C=O) groups excluding carboxylic acids is 1. The fourth-order valence-corrected chi connectivity index (χ4v) is 2.62. The summed E-state index contributed by atoms with van der Waals surface area (Å²) in [6.45, 7) is 3.07. The van der Waals surface area contributed by atoms with E-state index in [1.54, 1.807) is 0 Å². The Labute approximate surface area is 108 Å². The number of nitrogens with zero attached hydrogens (tertiary/aromatic N) is 1. The van der Waals surface area contributed by atoms with Crippen molar-refractivity contribution in [3.05, 3.63) is 29.3 Å². The molecule has 0 saturated carbocycles. The number of aliphatic hydroxyl groups excluding tert-OH is 1. The summed E-state index contributed by atoms with van der Waals surface area (Å²) >= 11 is 0. The van der Waals surface area contributed by atoms with Gasteiger partial charge in [0.2, 0.25) is 5.91 Å². The van der Waals surface area contributed by atoms with Crippen LogP contribution in [0.4, 0.5) is 5.69 Å². The number of rotatable bonds is 4. The van der Waals surface area contributed by atoms with E-state index in [0.717, 1.165) is 31.5 Å². The summed E-state index contributed by atoms with van der Waals surface area (Å²) in [7, 11) is 0. The molecular formula is C15H21NO2. The van der Waals surface area contributed by atoms with E-state index in [1.807, 2.05) is 4.90 Å². The van der Waals surface area contributed by atoms with Gasteiger partial charge in [0, 0.05) is 25.3 Å². The Bertz CT molecular complexity index is 429. The van der Waals surface area contributed by atoms with Crippen molar-refractivity contribution in [3.8, 4) is 0 Å². The SMILES string of the molecule is Cc1cccc2c1N(C(=O)CCCCO)CCC2. The maximum Gasteiger partial charge on any atom is 0.226 e. The largest absolute Gasteiger partial charge is 0.396 e. The summed E-state index contributed by atoms with van der Waals surface area (Å²) in [4.78, 5) is 14.2. The van der Waals surface area contributed by atoms with E-state index in [-0.39, 0.29) is 12.5 Å². The van der Waals surface area contributed by atoms with Gasteiger partial charge in [-0.25, -0.2) is 0 Å². The van der Waals surface area contributed by atoms with Crippen LogP contribution in [0.15, 0.2) is 18.2 Å². The molecule has 98 valence electrons. The number of para-hydroxylation sites is 1. The average molecular weight is 247 g/mol. The molecule has 1 aliphatic rings. The molecule has 0 saturated heterocycles. The summed E-state index contributed by atoms with van der Waals surface area (Å²) in [6, 6.07) is 6.25. The number of hydrogen-bond donors (Lipinski definition) is 1. The van der Waals surface area contributed by atoms with Crippen LogP contribution in [0.25, 0.3) is 0 Å². The molecule has 1 amide bonds. The van der Waals surface area contributed by atoms with Gasteiger partial charge in [-0.05, 0) is 43.7 Å². The molecule has 1 aliphatic heterocycles. The first-order chi connectivity index (χ1) is 8.74. The molecule has 3 heteroatoms. The van der Waals surface area contributed by atoms with E-state index in [2.05, 4.69) is 25.1 Å². The van der Waals surface area contributed by atoms with Crippen molar-refractivity contribution >= 4 is 11.6 Å². The van der Waals surface area contributed by atoms with Crippen LogP contribution in [0.1, 0.15) is 36.8 Å². The molecular weight excluding hydrogens is 226 g/mol. The molecule has 0 atom stereocenters. The maximum atomic E-state index is 12.2. The minimum absolute atomic E-state index is 0.170.